The Hall–Kier alpha value is -9.98. The lowest BCUT2D eigenvalue weighted by Gasteiger charge is -2.08. The van der Waals surface area contributed by atoms with Gasteiger partial charge in [-0.1, -0.05) is 84.4 Å². The maximum atomic E-state index is 12.4. The number of pyridine rings is 3. The predicted molar refractivity (Wildman–Crippen MR) is 293 cm³/mol. The highest BCUT2D eigenvalue weighted by molar-refractivity contribution is 6.34. The molecule has 81 heavy (non-hydrogen) atoms. The maximum absolute atomic E-state index is 12.4. The zero-order valence-electron chi connectivity index (χ0n) is 44.5. The number of nitrogens with zero attached hydrogens (tertiary/aromatic N) is 5. The Kier molecular flexibility index (Phi) is 25.6. The van der Waals surface area contributed by atoms with Crippen LogP contribution in [0.2, 0.25) is 5.15 Å². The number of carbonyl (C=O) groups excluding carboxylic acids is 5. The molecule has 0 aliphatic carbocycles. The van der Waals surface area contributed by atoms with Crippen molar-refractivity contribution >= 4 is 79.4 Å². The molecule has 0 saturated heterocycles. The summed E-state index contributed by atoms with van der Waals surface area (Å²) in [5.41, 5.74) is -2.74. The first-order valence-corrected chi connectivity index (χ1v) is 24.8. The summed E-state index contributed by atoms with van der Waals surface area (Å²) >= 11 is 5.85. The normalized spacial score (nSPS) is 10.0. The summed E-state index contributed by atoms with van der Waals surface area (Å²) in [5.74, 6) is -0.382. The summed E-state index contributed by atoms with van der Waals surface area (Å²) in [6, 6.07) is 28.4. The molecule has 0 unspecified atom stereocenters. The van der Waals surface area contributed by atoms with Crippen molar-refractivity contribution in [3.63, 3.8) is 0 Å². The van der Waals surface area contributed by atoms with Crippen molar-refractivity contribution in [1.82, 2.24) is 29.2 Å². The van der Waals surface area contributed by atoms with Crippen LogP contribution in [-0.4, -0.2) is 109 Å². The molecule has 0 spiro atoms. The van der Waals surface area contributed by atoms with Gasteiger partial charge in [0.15, 0.2) is 33.7 Å². The minimum absolute atomic E-state index is 0.105. The second-order valence-electron chi connectivity index (χ2n) is 15.3. The van der Waals surface area contributed by atoms with Crippen molar-refractivity contribution in [2.45, 2.75) is 41.5 Å². The lowest BCUT2D eigenvalue weighted by molar-refractivity contribution is -0.146. The van der Waals surface area contributed by atoms with Gasteiger partial charge in [-0.05, 0) is 75.9 Å². The topological polar surface area (TPSA) is 348 Å². The highest BCUT2D eigenvalue weighted by Crippen LogP contribution is 2.23. The number of aromatic nitrogens is 6. The molecule has 0 atom stereocenters. The average Bonchev–Trinajstić information content (AvgIpc) is 4.14. The number of esters is 5. The largest absolute Gasteiger partial charge is 0.500 e. The summed E-state index contributed by atoms with van der Waals surface area (Å²) in [7, 11) is 0. The molecule has 9 rings (SSSR count). The highest BCUT2D eigenvalue weighted by atomic mass is 35.5. The molecule has 6 aromatic heterocycles. The molecule has 0 bridgehead atoms. The first kappa shape index (κ1) is 63.6. The van der Waals surface area contributed by atoms with Crippen molar-refractivity contribution in [3.8, 4) is 11.7 Å². The van der Waals surface area contributed by atoms with Crippen LogP contribution in [0.1, 0.15) is 72.6 Å². The molecule has 0 fully saturated rings. The Balaban J connectivity index is 0.000000222. The predicted octanol–water partition coefficient (Wildman–Crippen LogP) is 7.29. The van der Waals surface area contributed by atoms with Gasteiger partial charge in [0.25, 0.3) is 5.56 Å². The van der Waals surface area contributed by atoms with E-state index in [0.29, 0.717) is 28.6 Å². The molecule has 9 aromatic rings. The van der Waals surface area contributed by atoms with Gasteiger partial charge in [-0.25, -0.2) is 54.6 Å². The van der Waals surface area contributed by atoms with Crippen LogP contribution in [0.5, 0.6) is 5.88 Å². The number of aromatic hydroxyl groups is 1. The van der Waals surface area contributed by atoms with Gasteiger partial charge < -0.3 is 47.8 Å². The van der Waals surface area contributed by atoms with Crippen molar-refractivity contribution in [2.24, 2.45) is 5.90 Å². The van der Waals surface area contributed by atoms with Gasteiger partial charge in [0, 0.05) is 34.7 Å². The van der Waals surface area contributed by atoms with E-state index in [9.17, 15) is 43.5 Å². The summed E-state index contributed by atoms with van der Waals surface area (Å²) < 4.78 is 40.1. The van der Waals surface area contributed by atoms with E-state index in [1.165, 1.54) is 27.7 Å². The number of nitrogens with one attached hydrogen (secondary N) is 1. The zero-order chi connectivity index (χ0) is 59.4. The fourth-order valence-electron chi connectivity index (χ4n) is 6.75. The number of carbonyl (C=O) groups is 5. The van der Waals surface area contributed by atoms with Crippen LogP contribution < -0.4 is 22.7 Å². The Morgan fingerprint density at radius 2 is 1.14 bits per heavy atom. The minimum Gasteiger partial charge on any atom is -0.500 e. The van der Waals surface area contributed by atoms with E-state index in [1.807, 2.05) is 78.9 Å². The molecule has 426 valence electrons. The van der Waals surface area contributed by atoms with Gasteiger partial charge in [0.2, 0.25) is 5.88 Å². The number of hydrogen-bond donors (Lipinski definition) is 4. The third-order valence-electron chi connectivity index (χ3n) is 10.2. The molecular weight excluding hydrogens is 1080 g/mol. The van der Waals surface area contributed by atoms with Crippen molar-refractivity contribution < 1.29 is 71.8 Å². The summed E-state index contributed by atoms with van der Waals surface area (Å²) in [5, 5.41) is 24.6. The number of aromatic amines is 1. The van der Waals surface area contributed by atoms with Gasteiger partial charge in [0.05, 0.1) is 52.0 Å². The van der Waals surface area contributed by atoms with Gasteiger partial charge in [-0.2, -0.15) is 9.72 Å². The van der Waals surface area contributed by atoms with E-state index in [2.05, 4.69) is 44.7 Å². The van der Waals surface area contributed by atoms with Crippen LogP contribution in [0.15, 0.2) is 157 Å². The molecule has 0 radical (unpaired) electrons. The van der Waals surface area contributed by atoms with Gasteiger partial charge >= 0.3 is 41.1 Å². The third-order valence-corrected chi connectivity index (χ3v) is 10.5. The molecule has 0 aliphatic rings. The average molecular weight is 1140 g/mol. The van der Waals surface area contributed by atoms with Crippen LogP contribution in [0.3, 0.4) is 0 Å². The summed E-state index contributed by atoms with van der Waals surface area (Å²) in [4.78, 5) is 104. The van der Waals surface area contributed by atoms with E-state index in [4.69, 9.17) is 35.5 Å². The number of ether oxygens (including phenoxy) is 6. The van der Waals surface area contributed by atoms with Gasteiger partial charge in [-0.3, -0.25) is 9.20 Å². The van der Waals surface area contributed by atoms with Crippen LogP contribution in [0.25, 0.3) is 43.8 Å². The van der Waals surface area contributed by atoms with Crippen LogP contribution in [-0.2, 0) is 38.0 Å². The quantitative estimate of drug-likeness (QED) is 0.0101. The van der Waals surface area contributed by atoms with E-state index < -0.39 is 58.1 Å². The van der Waals surface area contributed by atoms with Crippen LogP contribution in [0.4, 0.5) is 0 Å². The van der Waals surface area contributed by atoms with Crippen molar-refractivity contribution in [2.75, 3.05) is 39.6 Å². The SMILES string of the molecule is CCOC(=O)c1c(O)nc2c3ccccc3ccn2c1=O.CCOC(=O)c1c[nH]oc1=O.CCOC(=O)c1cn(-c2nccc3ccccc23)oc1=O.CCOC=C(C(=O)OCC)C(=O)OCC.Clc1nccc2ccccc12.NO. The van der Waals surface area contributed by atoms with E-state index >= 15 is 0 Å². The van der Waals surface area contributed by atoms with E-state index in [0.717, 1.165) is 33.2 Å². The first-order chi connectivity index (χ1) is 39.1. The molecule has 0 saturated carbocycles. The standard InChI is InChI=1S/2C15H12N2O4.C10H16O5.C9H6ClN.C6H7NO4.H3NO/c1-2-20-14(18)12-9-17(21-15(12)19)13-11-6-4-3-5-10(11)7-8-16-13;1-2-21-15(20)11-13(18)16-12-10-6-4-3-5-9(10)7-8-17(12)14(11)19;1-4-13-7-8(9(11)14-5-2)10(12)15-6-3;10-9-8-4-2-1-3-7(8)5-6-11-9;1-2-10-5(8)4-3-7-11-6(4)9;1-2/h3-9H,2H2,1H3;3-8,18H,2H2,1H3;7H,4-6H2,1-3H3;1-6H;3,7H,2H2,1H3;2H,1H2. The Morgan fingerprint density at radius 3 is 1.68 bits per heavy atom. The maximum Gasteiger partial charge on any atom is 0.372 e. The lowest BCUT2D eigenvalue weighted by atomic mass is 10.1. The molecule has 26 heteroatoms. The van der Waals surface area contributed by atoms with Crippen molar-refractivity contribution in [1.29, 1.82) is 0 Å². The number of benzene rings is 3. The molecule has 5 N–H and O–H groups in total. The number of nitrogens with two attached hydrogens (primary N) is 1. The highest BCUT2D eigenvalue weighted by Gasteiger charge is 2.23. The number of halogens is 1. The fourth-order valence-corrected chi connectivity index (χ4v) is 6.98. The zero-order valence-corrected chi connectivity index (χ0v) is 45.2. The first-order valence-electron chi connectivity index (χ1n) is 24.4. The minimum atomic E-state index is -0.880. The number of hydrogen-bond acceptors (Lipinski definition) is 22. The Bertz CT molecular complexity index is 3760. The second-order valence-corrected chi connectivity index (χ2v) is 15.7. The van der Waals surface area contributed by atoms with Gasteiger partial charge in [-0.15, -0.1) is 0 Å². The van der Waals surface area contributed by atoms with Crippen LogP contribution >= 0.6 is 11.6 Å². The van der Waals surface area contributed by atoms with Gasteiger partial charge in [0.1, 0.15) is 11.4 Å². The van der Waals surface area contributed by atoms with Crippen LogP contribution in [0, 0.1) is 0 Å². The third kappa shape index (κ3) is 17.3. The molecule has 0 aliphatic heterocycles. The summed E-state index contributed by atoms with van der Waals surface area (Å²) in [6.07, 6.45) is 8.38. The molecule has 25 nitrogen and oxygen atoms in total. The monoisotopic (exact) mass is 1140 g/mol. The Morgan fingerprint density at radius 1 is 0.630 bits per heavy atom. The fraction of sp³-hybridized carbons (Fsp3) is 0.218. The van der Waals surface area contributed by atoms with E-state index in [1.54, 1.807) is 66.1 Å². The molecular formula is C55H56ClN7O18. The lowest BCUT2D eigenvalue weighted by Crippen LogP contribution is -2.24. The summed E-state index contributed by atoms with van der Waals surface area (Å²) in [6.45, 7) is 11.3. The number of rotatable bonds is 13. The van der Waals surface area contributed by atoms with E-state index in [-0.39, 0.29) is 49.7 Å². The smallest absolute Gasteiger partial charge is 0.372 e. The number of fused-ring (bicyclic) bond motifs is 5. The second kappa shape index (κ2) is 32.7. The number of H-pyrrole nitrogens is 1. The molecule has 0 amide bonds. The Labute approximate surface area is 464 Å². The molecule has 3 aromatic carbocycles. The molecule has 6 heterocycles. The van der Waals surface area contributed by atoms with Crippen molar-refractivity contribution in [3.05, 3.63) is 187 Å².